The van der Waals surface area contributed by atoms with E-state index in [9.17, 15) is 9.90 Å². The minimum Gasteiger partial charge on any atom is -0.393 e. The lowest BCUT2D eigenvalue weighted by molar-refractivity contribution is -0.132. The zero-order valence-corrected chi connectivity index (χ0v) is 10.9. The molecule has 1 amide bonds. The number of nitrogens with zero attached hydrogens (tertiary/aromatic N) is 1. The van der Waals surface area contributed by atoms with Gasteiger partial charge in [0.25, 0.3) is 0 Å². The molecular formula is C13H24N2O2. The summed E-state index contributed by atoms with van der Waals surface area (Å²) >= 11 is 0. The Morgan fingerprint density at radius 1 is 1.06 bits per heavy atom. The van der Waals surface area contributed by atoms with E-state index in [1.807, 2.05) is 0 Å². The SMILES string of the molecule is CC1CCC(C)N1NC(=O)C1CCC(O)CC1. The Labute approximate surface area is 103 Å². The standard InChI is InChI=1S/C13H24N2O2/c1-9-3-4-10(2)15(9)14-13(17)11-5-7-12(16)8-6-11/h9-12,16H,3-8H2,1-2H3,(H,14,17). The van der Waals surface area contributed by atoms with Gasteiger partial charge >= 0.3 is 0 Å². The van der Waals surface area contributed by atoms with Crippen LogP contribution in [-0.4, -0.2) is 34.2 Å². The van der Waals surface area contributed by atoms with Crippen LogP contribution in [0, 0.1) is 5.92 Å². The van der Waals surface area contributed by atoms with Gasteiger partial charge in [0.1, 0.15) is 0 Å². The Hall–Kier alpha value is -0.610. The van der Waals surface area contributed by atoms with Crippen LogP contribution in [0.1, 0.15) is 52.4 Å². The van der Waals surface area contributed by atoms with E-state index in [4.69, 9.17) is 0 Å². The maximum atomic E-state index is 12.1. The van der Waals surface area contributed by atoms with Gasteiger partial charge in [-0.1, -0.05) is 0 Å². The summed E-state index contributed by atoms with van der Waals surface area (Å²) in [5.74, 6) is 0.246. The molecule has 2 unspecified atom stereocenters. The Balaban J connectivity index is 1.84. The Morgan fingerprint density at radius 3 is 2.12 bits per heavy atom. The third-order valence-corrected chi connectivity index (χ3v) is 4.26. The summed E-state index contributed by atoms with van der Waals surface area (Å²) in [6, 6.07) is 0.895. The highest BCUT2D eigenvalue weighted by atomic mass is 16.3. The molecule has 0 aromatic carbocycles. The van der Waals surface area contributed by atoms with Crippen molar-refractivity contribution in [2.45, 2.75) is 70.6 Å². The molecule has 2 N–H and O–H groups in total. The molecule has 0 aromatic rings. The van der Waals surface area contributed by atoms with Gasteiger partial charge in [0, 0.05) is 18.0 Å². The van der Waals surface area contributed by atoms with Crippen LogP contribution in [0.2, 0.25) is 0 Å². The van der Waals surface area contributed by atoms with Crippen LogP contribution in [0.5, 0.6) is 0 Å². The molecule has 0 spiro atoms. The Morgan fingerprint density at radius 2 is 1.59 bits per heavy atom. The predicted octanol–water partition coefficient (Wildman–Crippen LogP) is 1.44. The molecular weight excluding hydrogens is 216 g/mol. The molecule has 17 heavy (non-hydrogen) atoms. The molecule has 0 aromatic heterocycles. The lowest BCUT2D eigenvalue weighted by Crippen LogP contribution is -2.50. The molecule has 2 fully saturated rings. The molecule has 2 rings (SSSR count). The van der Waals surface area contributed by atoms with Gasteiger partial charge in [-0.05, 0) is 52.4 Å². The second-order valence-corrected chi connectivity index (χ2v) is 5.66. The van der Waals surface area contributed by atoms with Crippen LogP contribution in [0.3, 0.4) is 0 Å². The van der Waals surface area contributed by atoms with E-state index in [1.165, 1.54) is 0 Å². The van der Waals surface area contributed by atoms with Crippen molar-refractivity contribution in [3.63, 3.8) is 0 Å². The van der Waals surface area contributed by atoms with Crippen LogP contribution in [0.15, 0.2) is 0 Å². The second kappa shape index (κ2) is 5.36. The van der Waals surface area contributed by atoms with Gasteiger partial charge in [0.15, 0.2) is 0 Å². The maximum absolute atomic E-state index is 12.1. The highest BCUT2D eigenvalue weighted by Gasteiger charge is 2.31. The Bertz CT molecular complexity index is 265. The van der Waals surface area contributed by atoms with Gasteiger partial charge in [-0.3, -0.25) is 10.2 Å². The minimum atomic E-state index is -0.191. The maximum Gasteiger partial charge on any atom is 0.237 e. The summed E-state index contributed by atoms with van der Waals surface area (Å²) in [5.41, 5.74) is 3.08. The van der Waals surface area contributed by atoms with E-state index in [2.05, 4.69) is 24.3 Å². The van der Waals surface area contributed by atoms with Crippen LogP contribution < -0.4 is 5.43 Å². The fraction of sp³-hybridized carbons (Fsp3) is 0.923. The number of hydrazine groups is 1. The van der Waals surface area contributed by atoms with E-state index in [1.54, 1.807) is 0 Å². The number of aliphatic hydroxyl groups is 1. The molecule has 1 heterocycles. The highest BCUT2D eigenvalue weighted by Crippen LogP contribution is 2.26. The first-order chi connectivity index (χ1) is 8.08. The molecule has 0 bridgehead atoms. The molecule has 4 nitrogen and oxygen atoms in total. The predicted molar refractivity (Wildman–Crippen MR) is 66.1 cm³/mol. The van der Waals surface area contributed by atoms with Gasteiger partial charge in [-0.25, -0.2) is 5.01 Å². The first-order valence-electron chi connectivity index (χ1n) is 6.85. The van der Waals surface area contributed by atoms with Crippen LogP contribution >= 0.6 is 0 Å². The largest absolute Gasteiger partial charge is 0.393 e. The number of hydrogen-bond acceptors (Lipinski definition) is 3. The summed E-state index contributed by atoms with van der Waals surface area (Å²) in [6.45, 7) is 4.32. The molecule has 2 atom stereocenters. The molecule has 1 saturated heterocycles. The first kappa shape index (κ1) is 12.8. The Kier molecular flexibility index (Phi) is 4.05. The molecule has 1 saturated carbocycles. The summed E-state index contributed by atoms with van der Waals surface area (Å²) in [7, 11) is 0. The van der Waals surface area contributed by atoms with Crippen LogP contribution in [0.4, 0.5) is 0 Å². The van der Waals surface area contributed by atoms with Gasteiger partial charge in [-0.2, -0.15) is 0 Å². The third kappa shape index (κ3) is 2.99. The van der Waals surface area contributed by atoms with Crippen molar-refractivity contribution in [1.29, 1.82) is 0 Å². The topological polar surface area (TPSA) is 52.6 Å². The van der Waals surface area contributed by atoms with E-state index >= 15 is 0 Å². The number of hydrogen-bond donors (Lipinski definition) is 2. The number of amides is 1. The average molecular weight is 240 g/mol. The van der Waals surface area contributed by atoms with Crippen molar-refractivity contribution >= 4 is 5.91 Å². The molecule has 0 radical (unpaired) electrons. The fourth-order valence-electron chi connectivity index (χ4n) is 2.97. The summed E-state index contributed by atoms with van der Waals surface area (Å²) < 4.78 is 0. The van der Waals surface area contributed by atoms with Crippen molar-refractivity contribution in [2.75, 3.05) is 0 Å². The van der Waals surface area contributed by atoms with Crippen molar-refractivity contribution in [3.05, 3.63) is 0 Å². The average Bonchev–Trinajstić information content (AvgIpc) is 2.61. The van der Waals surface area contributed by atoms with Crippen molar-refractivity contribution in [2.24, 2.45) is 5.92 Å². The normalized spacial score (nSPS) is 39.2. The lowest BCUT2D eigenvalue weighted by Gasteiger charge is -2.30. The van der Waals surface area contributed by atoms with Gasteiger partial charge in [0.2, 0.25) is 5.91 Å². The zero-order chi connectivity index (χ0) is 12.4. The van der Waals surface area contributed by atoms with E-state index < -0.39 is 0 Å². The first-order valence-corrected chi connectivity index (χ1v) is 6.85. The second-order valence-electron chi connectivity index (χ2n) is 5.66. The molecule has 4 heteroatoms. The van der Waals surface area contributed by atoms with Crippen LogP contribution in [-0.2, 0) is 4.79 Å². The van der Waals surface area contributed by atoms with Gasteiger partial charge in [-0.15, -0.1) is 0 Å². The van der Waals surface area contributed by atoms with E-state index in [-0.39, 0.29) is 17.9 Å². The highest BCUT2D eigenvalue weighted by molar-refractivity contribution is 5.78. The van der Waals surface area contributed by atoms with Crippen molar-refractivity contribution in [3.8, 4) is 0 Å². The van der Waals surface area contributed by atoms with Crippen molar-refractivity contribution < 1.29 is 9.90 Å². The van der Waals surface area contributed by atoms with E-state index in [0.717, 1.165) is 38.5 Å². The molecule has 2 aliphatic rings. The zero-order valence-electron chi connectivity index (χ0n) is 10.9. The monoisotopic (exact) mass is 240 g/mol. The summed E-state index contributed by atoms with van der Waals surface area (Å²) in [5, 5.41) is 11.5. The minimum absolute atomic E-state index is 0.0957. The number of aliphatic hydroxyl groups excluding tert-OH is 1. The summed E-state index contributed by atoms with van der Waals surface area (Å²) in [4.78, 5) is 12.1. The number of nitrogens with one attached hydrogen (secondary N) is 1. The fourth-order valence-corrected chi connectivity index (χ4v) is 2.97. The van der Waals surface area contributed by atoms with E-state index in [0.29, 0.717) is 12.1 Å². The van der Waals surface area contributed by atoms with Gasteiger partial charge in [0.05, 0.1) is 6.10 Å². The smallest absolute Gasteiger partial charge is 0.237 e. The van der Waals surface area contributed by atoms with Crippen molar-refractivity contribution in [1.82, 2.24) is 10.4 Å². The summed E-state index contributed by atoms with van der Waals surface area (Å²) in [6.07, 6.45) is 5.30. The quantitative estimate of drug-likeness (QED) is 0.768. The molecule has 1 aliphatic carbocycles. The molecule has 1 aliphatic heterocycles. The third-order valence-electron chi connectivity index (χ3n) is 4.26. The van der Waals surface area contributed by atoms with Crippen LogP contribution in [0.25, 0.3) is 0 Å². The molecule has 98 valence electrons. The number of carbonyl (C=O) groups excluding carboxylic acids is 1. The van der Waals surface area contributed by atoms with Gasteiger partial charge < -0.3 is 5.11 Å². The number of carbonyl (C=O) groups is 1. The lowest BCUT2D eigenvalue weighted by atomic mass is 9.87. The number of rotatable bonds is 2.